The minimum atomic E-state index is -3.07. The van der Waals surface area contributed by atoms with Crippen LogP contribution in [0.4, 0.5) is 0 Å². The third-order valence-electron chi connectivity index (χ3n) is 7.25. The highest BCUT2D eigenvalue weighted by Gasteiger charge is 2.32. The molecule has 0 spiro atoms. The molecule has 0 bridgehead atoms. The fourth-order valence-electron chi connectivity index (χ4n) is 5.05. The van der Waals surface area contributed by atoms with Gasteiger partial charge in [0, 0.05) is 47.5 Å². The quantitative estimate of drug-likeness (QED) is 0.353. The molecule has 3 N–H and O–H groups in total. The van der Waals surface area contributed by atoms with Crippen molar-refractivity contribution in [3.05, 3.63) is 53.5 Å². The van der Waals surface area contributed by atoms with E-state index in [1.807, 2.05) is 6.92 Å². The summed E-state index contributed by atoms with van der Waals surface area (Å²) in [6.07, 6.45) is 10.4. The standard InChI is InChI=1S/C27H33N5O6/c1-16-22(19-11-29-26(36-2)30-12-19)8-7-20(31-16)9-17-3-5-18(6-4-17)10-24-28-13-23(27(33,34)35)25(32-24)38-21-14-37-15-21/h7-8,11-13,17-18,21,33-35H,3-6,9-10,14-15H2,1-2H3/t17-,18-. The number of aryl methyl sites for hydroxylation is 1. The summed E-state index contributed by atoms with van der Waals surface area (Å²) >= 11 is 0. The lowest BCUT2D eigenvalue weighted by molar-refractivity contribution is -0.325. The fraction of sp³-hybridized carbons (Fsp3) is 0.519. The summed E-state index contributed by atoms with van der Waals surface area (Å²) in [5.74, 6) is -1.54. The second kappa shape index (κ2) is 11.2. The van der Waals surface area contributed by atoms with Crippen molar-refractivity contribution in [2.45, 2.75) is 57.5 Å². The minimum absolute atomic E-state index is 0.0180. The van der Waals surface area contributed by atoms with Gasteiger partial charge in [-0.1, -0.05) is 6.07 Å². The van der Waals surface area contributed by atoms with Crippen LogP contribution in [0.1, 0.15) is 48.5 Å². The molecule has 4 heterocycles. The van der Waals surface area contributed by atoms with Crippen molar-refractivity contribution >= 4 is 0 Å². The minimum Gasteiger partial charge on any atom is -0.469 e. The Kier molecular flexibility index (Phi) is 7.80. The topological polar surface area (TPSA) is 153 Å². The predicted octanol–water partition coefficient (Wildman–Crippen LogP) is 2.10. The van der Waals surface area contributed by atoms with Gasteiger partial charge in [-0.2, -0.15) is 4.98 Å². The van der Waals surface area contributed by atoms with Gasteiger partial charge in [-0.15, -0.1) is 0 Å². The van der Waals surface area contributed by atoms with E-state index in [4.69, 9.17) is 19.2 Å². The second-order valence-corrected chi connectivity index (χ2v) is 10.1. The number of methoxy groups -OCH3 is 1. The maximum atomic E-state index is 9.65. The van der Waals surface area contributed by atoms with Crippen molar-refractivity contribution < 1.29 is 29.5 Å². The van der Waals surface area contributed by atoms with Gasteiger partial charge in [0.15, 0.2) is 0 Å². The van der Waals surface area contributed by atoms with Gasteiger partial charge in [-0.25, -0.2) is 15.0 Å². The summed E-state index contributed by atoms with van der Waals surface area (Å²) in [6, 6.07) is 4.52. The molecule has 11 heteroatoms. The normalized spacial score (nSPS) is 20.1. The lowest BCUT2D eigenvalue weighted by Crippen LogP contribution is -2.40. The maximum absolute atomic E-state index is 9.65. The molecule has 3 aromatic rings. The number of aromatic nitrogens is 5. The first-order valence-corrected chi connectivity index (χ1v) is 12.9. The van der Waals surface area contributed by atoms with E-state index in [-0.39, 0.29) is 17.5 Å². The molecule has 11 nitrogen and oxygen atoms in total. The molecule has 2 aliphatic rings. The van der Waals surface area contributed by atoms with Crippen LogP contribution in [-0.2, 0) is 23.6 Å². The summed E-state index contributed by atoms with van der Waals surface area (Å²) in [5, 5.41) is 29.0. The number of aliphatic hydroxyl groups is 3. The molecule has 1 saturated carbocycles. The van der Waals surface area contributed by atoms with E-state index in [0.717, 1.165) is 54.6 Å². The van der Waals surface area contributed by atoms with E-state index in [1.165, 1.54) is 6.20 Å². The summed E-state index contributed by atoms with van der Waals surface area (Å²) in [4.78, 5) is 21.9. The van der Waals surface area contributed by atoms with Crippen LogP contribution in [0, 0.1) is 18.8 Å². The average Bonchev–Trinajstić information content (AvgIpc) is 2.87. The Morgan fingerprint density at radius 2 is 1.61 bits per heavy atom. The van der Waals surface area contributed by atoms with E-state index in [0.29, 0.717) is 43.3 Å². The van der Waals surface area contributed by atoms with Gasteiger partial charge < -0.3 is 29.5 Å². The number of ether oxygens (including phenoxy) is 3. The Labute approximate surface area is 220 Å². The van der Waals surface area contributed by atoms with Gasteiger partial charge >= 0.3 is 12.0 Å². The Bertz CT molecular complexity index is 1240. The second-order valence-electron chi connectivity index (χ2n) is 10.1. The fourth-order valence-corrected chi connectivity index (χ4v) is 5.05. The van der Waals surface area contributed by atoms with Crippen LogP contribution >= 0.6 is 0 Å². The zero-order valence-electron chi connectivity index (χ0n) is 21.6. The molecule has 38 heavy (non-hydrogen) atoms. The van der Waals surface area contributed by atoms with Crippen LogP contribution in [0.3, 0.4) is 0 Å². The molecular weight excluding hydrogens is 490 g/mol. The van der Waals surface area contributed by atoms with Crippen LogP contribution in [0.2, 0.25) is 0 Å². The molecule has 1 aliphatic heterocycles. The van der Waals surface area contributed by atoms with Crippen molar-refractivity contribution in [2.75, 3.05) is 20.3 Å². The molecule has 2 fully saturated rings. The van der Waals surface area contributed by atoms with E-state index >= 15 is 0 Å². The monoisotopic (exact) mass is 523 g/mol. The number of rotatable bonds is 9. The summed E-state index contributed by atoms with van der Waals surface area (Å²) in [7, 11) is 1.54. The molecule has 0 atom stereocenters. The van der Waals surface area contributed by atoms with Gasteiger partial charge in [-0.3, -0.25) is 4.98 Å². The number of pyridine rings is 1. The third kappa shape index (κ3) is 6.24. The van der Waals surface area contributed by atoms with Crippen molar-refractivity contribution in [1.82, 2.24) is 24.9 Å². The van der Waals surface area contributed by atoms with Crippen LogP contribution in [0.5, 0.6) is 11.9 Å². The smallest absolute Gasteiger partial charge is 0.316 e. The van der Waals surface area contributed by atoms with Crippen molar-refractivity contribution in [3.63, 3.8) is 0 Å². The summed E-state index contributed by atoms with van der Waals surface area (Å²) in [5.41, 5.74) is 3.70. The Morgan fingerprint density at radius 3 is 2.18 bits per heavy atom. The van der Waals surface area contributed by atoms with E-state index in [2.05, 4.69) is 32.1 Å². The highest BCUT2D eigenvalue weighted by Crippen LogP contribution is 2.34. The van der Waals surface area contributed by atoms with Crippen molar-refractivity contribution in [1.29, 1.82) is 0 Å². The number of nitrogens with zero attached hydrogens (tertiary/aromatic N) is 5. The number of hydrogen-bond acceptors (Lipinski definition) is 11. The molecule has 0 radical (unpaired) electrons. The lowest BCUT2D eigenvalue weighted by Gasteiger charge is -2.29. The zero-order valence-corrected chi connectivity index (χ0v) is 21.6. The Morgan fingerprint density at radius 1 is 0.921 bits per heavy atom. The predicted molar refractivity (Wildman–Crippen MR) is 135 cm³/mol. The molecule has 0 amide bonds. The highest BCUT2D eigenvalue weighted by molar-refractivity contribution is 5.64. The van der Waals surface area contributed by atoms with Gasteiger partial charge in [-0.05, 0) is 56.9 Å². The molecule has 1 saturated heterocycles. The molecule has 5 rings (SSSR count). The third-order valence-corrected chi connectivity index (χ3v) is 7.25. The van der Waals surface area contributed by atoms with Crippen LogP contribution in [-0.4, -0.2) is 66.7 Å². The van der Waals surface area contributed by atoms with Crippen molar-refractivity contribution in [3.8, 4) is 23.0 Å². The van der Waals surface area contributed by atoms with Crippen LogP contribution in [0.25, 0.3) is 11.1 Å². The summed E-state index contributed by atoms with van der Waals surface area (Å²) in [6.45, 7) is 2.80. The van der Waals surface area contributed by atoms with E-state index < -0.39 is 5.97 Å². The molecule has 0 aromatic carbocycles. The Balaban J connectivity index is 1.16. The van der Waals surface area contributed by atoms with E-state index in [1.54, 1.807) is 19.5 Å². The molecule has 3 aromatic heterocycles. The van der Waals surface area contributed by atoms with Gasteiger partial charge in [0.1, 0.15) is 17.5 Å². The molecular formula is C27H33N5O6. The summed E-state index contributed by atoms with van der Waals surface area (Å²) < 4.78 is 15.8. The first kappa shape index (κ1) is 26.4. The largest absolute Gasteiger partial charge is 0.469 e. The van der Waals surface area contributed by atoms with Crippen LogP contribution in [0.15, 0.2) is 30.7 Å². The Hall–Kier alpha value is -3.25. The molecule has 202 valence electrons. The first-order valence-electron chi connectivity index (χ1n) is 12.9. The maximum Gasteiger partial charge on any atom is 0.316 e. The van der Waals surface area contributed by atoms with Gasteiger partial charge in [0.05, 0.1) is 20.3 Å². The van der Waals surface area contributed by atoms with Crippen LogP contribution < -0.4 is 9.47 Å². The van der Waals surface area contributed by atoms with Gasteiger partial charge in [0.25, 0.3) is 0 Å². The zero-order chi connectivity index (χ0) is 26.7. The van der Waals surface area contributed by atoms with Crippen molar-refractivity contribution in [2.24, 2.45) is 11.8 Å². The first-order chi connectivity index (χ1) is 18.3. The SMILES string of the molecule is COc1ncc(-c2ccc(C[C@H]3CC[C@H](Cc4ncc(C(O)(O)O)c(OC5COC5)n4)CC3)nc2C)cn1. The number of hydrogen-bond donors (Lipinski definition) is 3. The lowest BCUT2D eigenvalue weighted by atomic mass is 9.78. The van der Waals surface area contributed by atoms with Gasteiger partial charge in [0.2, 0.25) is 5.88 Å². The highest BCUT2D eigenvalue weighted by atomic mass is 16.7. The molecule has 0 unspecified atom stereocenters. The average molecular weight is 524 g/mol. The van der Waals surface area contributed by atoms with E-state index in [9.17, 15) is 15.3 Å². The molecule has 1 aliphatic carbocycles.